The quantitative estimate of drug-likeness (QED) is 0.447. The number of nitrogens with zero attached hydrogens (tertiary/aromatic N) is 2. The Labute approximate surface area is 171 Å². The maximum absolute atomic E-state index is 11.0. The summed E-state index contributed by atoms with van der Waals surface area (Å²) in [5.74, 6) is 0.832. The van der Waals surface area contributed by atoms with Crippen LogP contribution in [0.1, 0.15) is 30.1 Å². The fourth-order valence-electron chi connectivity index (χ4n) is 3.26. The zero-order valence-corrected chi connectivity index (χ0v) is 16.5. The van der Waals surface area contributed by atoms with Gasteiger partial charge in [-0.25, -0.2) is 4.98 Å². The SMILES string of the molecule is O=[N+]([O-])c1cccc(-c2nc(CN[C@@H]3CCCOc4cc(Cl)ccc43)cs2)c1. The van der Waals surface area contributed by atoms with Gasteiger partial charge in [0.15, 0.2) is 0 Å². The van der Waals surface area contributed by atoms with Crippen molar-refractivity contribution in [2.75, 3.05) is 6.61 Å². The molecule has 2 heterocycles. The molecule has 0 unspecified atom stereocenters. The van der Waals surface area contributed by atoms with Crippen LogP contribution in [0, 0.1) is 10.1 Å². The van der Waals surface area contributed by atoms with Crippen molar-refractivity contribution in [1.29, 1.82) is 0 Å². The lowest BCUT2D eigenvalue weighted by atomic mass is 10.0. The standard InChI is InChI=1S/C20H18ClN3O3S/c21-14-6-7-17-18(5-2-8-27-19(17)10-14)22-11-15-12-28-20(23-15)13-3-1-4-16(9-13)24(25)26/h1,3-4,6-7,9-10,12,18,22H,2,5,8,11H2/t18-/m1/s1. The molecule has 1 aliphatic rings. The molecule has 2 aromatic carbocycles. The van der Waals surface area contributed by atoms with Crippen LogP contribution in [0.15, 0.2) is 47.8 Å². The Morgan fingerprint density at radius 2 is 2.21 bits per heavy atom. The first kappa shape index (κ1) is 18.9. The molecule has 28 heavy (non-hydrogen) atoms. The zero-order chi connectivity index (χ0) is 19.5. The summed E-state index contributed by atoms with van der Waals surface area (Å²) in [6.07, 6.45) is 1.93. The van der Waals surface area contributed by atoms with Crippen LogP contribution in [0.2, 0.25) is 5.02 Å². The summed E-state index contributed by atoms with van der Waals surface area (Å²) in [5.41, 5.74) is 2.85. The summed E-state index contributed by atoms with van der Waals surface area (Å²) >= 11 is 7.58. The van der Waals surface area contributed by atoms with Crippen LogP contribution in [-0.4, -0.2) is 16.5 Å². The molecule has 0 radical (unpaired) electrons. The fourth-order valence-corrected chi connectivity index (χ4v) is 4.24. The topological polar surface area (TPSA) is 77.3 Å². The highest BCUT2D eigenvalue weighted by atomic mass is 35.5. The smallest absolute Gasteiger partial charge is 0.270 e. The average molecular weight is 416 g/mol. The van der Waals surface area contributed by atoms with Crippen LogP contribution in [-0.2, 0) is 6.54 Å². The fraction of sp³-hybridized carbons (Fsp3) is 0.250. The highest BCUT2D eigenvalue weighted by Gasteiger charge is 2.20. The molecule has 1 atom stereocenters. The average Bonchev–Trinajstić information content (AvgIpc) is 3.08. The number of non-ortho nitro benzene ring substituents is 1. The van der Waals surface area contributed by atoms with Crippen molar-refractivity contribution in [3.63, 3.8) is 0 Å². The van der Waals surface area contributed by atoms with E-state index < -0.39 is 4.92 Å². The molecule has 8 heteroatoms. The van der Waals surface area contributed by atoms with Gasteiger partial charge in [0.05, 0.1) is 17.2 Å². The molecular weight excluding hydrogens is 398 g/mol. The molecule has 0 saturated heterocycles. The van der Waals surface area contributed by atoms with E-state index in [0.717, 1.165) is 40.4 Å². The van der Waals surface area contributed by atoms with E-state index in [2.05, 4.69) is 10.3 Å². The van der Waals surface area contributed by atoms with Gasteiger partial charge in [-0.15, -0.1) is 11.3 Å². The third-order valence-corrected chi connectivity index (χ3v) is 5.81. The van der Waals surface area contributed by atoms with Gasteiger partial charge < -0.3 is 10.1 Å². The number of thiazole rings is 1. The number of hydrogen-bond donors (Lipinski definition) is 1. The van der Waals surface area contributed by atoms with Gasteiger partial charge in [-0.3, -0.25) is 10.1 Å². The summed E-state index contributed by atoms with van der Waals surface area (Å²) in [6.45, 7) is 1.29. The Kier molecular flexibility index (Phi) is 5.57. The number of rotatable bonds is 5. The molecule has 0 amide bonds. The van der Waals surface area contributed by atoms with E-state index in [9.17, 15) is 10.1 Å². The normalized spacial score (nSPS) is 16.1. The largest absolute Gasteiger partial charge is 0.493 e. The van der Waals surface area contributed by atoms with Gasteiger partial charge >= 0.3 is 0 Å². The summed E-state index contributed by atoms with van der Waals surface area (Å²) < 4.78 is 5.81. The molecule has 1 aromatic heterocycles. The van der Waals surface area contributed by atoms with Crippen LogP contribution >= 0.6 is 22.9 Å². The van der Waals surface area contributed by atoms with Crippen molar-refractivity contribution in [2.45, 2.75) is 25.4 Å². The number of halogens is 1. The second-order valence-electron chi connectivity index (χ2n) is 6.56. The third kappa shape index (κ3) is 4.16. The van der Waals surface area contributed by atoms with Gasteiger partial charge in [0.25, 0.3) is 5.69 Å². The number of benzene rings is 2. The van der Waals surface area contributed by atoms with Crippen LogP contribution < -0.4 is 10.1 Å². The van der Waals surface area contributed by atoms with E-state index in [0.29, 0.717) is 18.2 Å². The lowest BCUT2D eigenvalue weighted by Gasteiger charge is -2.18. The zero-order valence-electron chi connectivity index (χ0n) is 14.9. The second kappa shape index (κ2) is 8.26. The number of nitro groups is 1. The molecule has 144 valence electrons. The van der Waals surface area contributed by atoms with Crippen molar-refractivity contribution in [3.05, 3.63) is 74.2 Å². The lowest BCUT2D eigenvalue weighted by Crippen LogP contribution is -2.20. The molecule has 0 bridgehead atoms. The lowest BCUT2D eigenvalue weighted by molar-refractivity contribution is -0.384. The molecule has 0 spiro atoms. The van der Waals surface area contributed by atoms with Crippen molar-refractivity contribution < 1.29 is 9.66 Å². The van der Waals surface area contributed by atoms with Gasteiger partial charge in [-0.05, 0) is 25.0 Å². The number of fused-ring (bicyclic) bond motifs is 1. The van der Waals surface area contributed by atoms with E-state index >= 15 is 0 Å². The Hall–Kier alpha value is -2.48. The number of ether oxygens (including phenoxy) is 1. The van der Waals surface area contributed by atoms with Gasteiger partial charge in [0, 0.05) is 46.2 Å². The number of nitro benzene ring substituents is 1. The minimum absolute atomic E-state index is 0.0705. The van der Waals surface area contributed by atoms with Crippen molar-refractivity contribution in [2.24, 2.45) is 0 Å². The number of aromatic nitrogens is 1. The minimum Gasteiger partial charge on any atom is -0.493 e. The van der Waals surface area contributed by atoms with Crippen LogP contribution in [0.5, 0.6) is 5.75 Å². The summed E-state index contributed by atoms with van der Waals surface area (Å²) in [7, 11) is 0. The maximum atomic E-state index is 11.0. The van der Waals surface area contributed by atoms with Gasteiger partial charge in [0.2, 0.25) is 0 Å². The van der Waals surface area contributed by atoms with E-state index in [1.54, 1.807) is 12.1 Å². The Morgan fingerprint density at radius 1 is 1.32 bits per heavy atom. The van der Waals surface area contributed by atoms with Crippen molar-refractivity contribution >= 4 is 28.6 Å². The van der Waals surface area contributed by atoms with E-state index in [-0.39, 0.29) is 11.7 Å². The first-order valence-corrected chi connectivity index (χ1v) is 10.2. The minimum atomic E-state index is -0.391. The molecule has 3 aromatic rings. The van der Waals surface area contributed by atoms with Crippen molar-refractivity contribution in [3.8, 4) is 16.3 Å². The first-order chi connectivity index (χ1) is 13.6. The predicted octanol–water partition coefficient (Wildman–Crippen LogP) is 5.38. The van der Waals surface area contributed by atoms with Gasteiger partial charge in [0.1, 0.15) is 10.8 Å². The highest BCUT2D eigenvalue weighted by Crippen LogP contribution is 2.34. The maximum Gasteiger partial charge on any atom is 0.270 e. The predicted molar refractivity (Wildman–Crippen MR) is 110 cm³/mol. The molecule has 1 aliphatic heterocycles. The Bertz CT molecular complexity index is 1010. The van der Waals surface area contributed by atoms with Crippen LogP contribution in [0.4, 0.5) is 5.69 Å². The number of nitrogens with one attached hydrogen (secondary N) is 1. The molecule has 0 fully saturated rings. The van der Waals surface area contributed by atoms with Gasteiger partial charge in [-0.1, -0.05) is 29.8 Å². The van der Waals surface area contributed by atoms with Crippen LogP contribution in [0.25, 0.3) is 10.6 Å². The summed E-state index contributed by atoms with van der Waals surface area (Å²) in [6, 6.07) is 12.5. The first-order valence-electron chi connectivity index (χ1n) is 8.95. The summed E-state index contributed by atoms with van der Waals surface area (Å²) in [5, 5.41) is 18.0. The number of hydrogen-bond acceptors (Lipinski definition) is 6. The molecular formula is C20H18ClN3O3S. The van der Waals surface area contributed by atoms with Gasteiger partial charge in [-0.2, -0.15) is 0 Å². The summed E-state index contributed by atoms with van der Waals surface area (Å²) in [4.78, 5) is 15.2. The molecule has 0 saturated carbocycles. The third-order valence-electron chi connectivity index (χ3n) is 4.63. The second-order valence-corrected chi connectivity index (χ2v) is 7.85. The van der Waals surface area contributed by atoms with E-state index in [4.69, 9.17) is 16.3 Å². The van der Waals surface area contributed by atoms with E-state index in [1.165, 1.54) is 17.4 Å². The molecule has 0 aliphatic carbocycles. The highest BCUT2D eigenvalue weighted by molar-refractivity contribution is 7.13. The van der Waals surface area contributed by atoms with Crippen molar-refractivity contribution in [1.82, 2.24) is 10.3 Å². The van der Waals surface area contributed by atoms with Crippen LogP contribution in [0.3, 0.4) is 0 Å². The molecule has 6 nitrogen and oxygen atoms in total. The molecule has 1 N–H and O–H groups in total. The monoisotopic (exact) mass is 415 g/mol. The van der Waals surface area contributed by atoms with E-state index in [1.807, 2.05) is 29.6 Å². The molecule has 4 rings (SSSR count). The Morgan fingerprint density at radius 3 is 3.07 bits per heavy atom. The Balaban J connectivity index is 1.48.